The molecule has 0 aromatic heterocycles. The molecule has 1 atom stereocenters. The van der Waals surface area contributed by atoms with Crippen LogP contribution in [0.25, 0.3) is 0 Å². The predicted molar refractivity (Wildman–Crippen MR) is 69.1 cm³/mol. The van der Waals surface area contributed by atoms with E-state index >= 15 is 0 Å². The maximum atomic E-state index is 12.0. The number of carbonyl (C=O) groups excluding carboxylic acids is 1. The number of halogens is 1. The molecule has 0 spiro atoms. The molecule has 0 radical (unpaired) electrons. The van der Waals surface area contributed by atoms with Gasteiger partial charge in [0.2, 0.25) is 5.91 Å². The van der Waals surface area contributed by atoms with E-state index in [4.69, 9.17) is 10.5 Å². The van der Waals surface area contributed by atoms with Crippen LogP contribution in [0.4, 0.5) is 0 Å². The molecule has 1 aliphatic carbocycles. The Hall–Kier alpha value is -0.320. The van der Waals surface area contributed by atoms with Gasteiger partial charge >= 0.3 is 0 Å². The van der Waals surface area contributed by atoms with Gasteiger partial charge in [0.1, 0.15) is 0 Å². The van der Waals surface area contributed by atoms with Crippen molar-refractivity contribution in [2.75, 3.05) is 19.8 Å². The molecule has 17 heavy (non-hydrogen) atoms. The summed E-state index contributed by atoms with van der Waals surface area (Å²) in [5, 5.41) is 3.09. The van der Waals surface area contributed by atoms with Gasteiger partial charge in [-0.05, 0) is 44.6 Å². The number of ether oxygens (including phenoxy) is 1. The zero-order valence-electron chi connectivity index (χ0n) is 10.2. The molecule has 2 aliphatic rings. The van der Waals surface area contributed by atoms with Gasteiger partial charge in [-0.2, -0.15) is 0 Å². The van der Waals surface area contributed by atoms with Crippen molar-refractivity contribution in [2.24, 2.45) is 17.6 Å². The van der Waals surface area contributed by atoms with Crippen LogP contribution in [0.1, 0.15) is 32.1 Å². The summed E-state index contributed by atoms with van der Waals surface area (Å²) in [6, 6.07) is 0.250. The van der Waals surface area contributed by atoms with Gasteiger partial charge < -0.3 is 15.8 Å². The first-order valence-corrected chi connectivity index (χ1v) is 6.37. The average molecular weight is 263 g/mol. The Balaban J connectivity index is 0.00000144. The zero-order valence-corrected chi connectivity index (χ0v) is 11.0. The molecule has 4 nitrogen and oxygen atoms in total. The molecule has 2 rings (SSSR count). The van der Waals surface area contributed by atoms with E-state index in [9.17, 15) is 4.79 Å². The van der Waals surface area contributed by atoms with Crippen LogP contribution in [0.2, 0.25) is 0 Å². The quantitative estimate of drug-likeness (QED) is 0.800. The van der Waals surface area contributed by atoms with Crippen LogP contribution in [0, 0.1) is 11.8 Å². The highest BCUT2D eigenvalue weighted by molar-refractivity contribution is 5.85. The third kappa shape index (κ3) is 4.12. The fraction of sp³-hybridized carbons (Fsp3) is 0.917. The second kappa shape index (κ2) is 7.19. The molecule has 100 valence electrons. The van der Waals surface area contributed by atoms with E-state index in [1.54, 1.807) is 0 Å². The number of nitrogens with one attached hydrogen (secondary N) is 1. The molecule has 1 unspecified atom stereocenters. The summed E-state index contributed by atoms with van der Waals surface area (Å²) in [5.74, 6) is 1.08. The summed E-state index contributed by atoms with van der Waals surface area (Å²) < 4.78 is 5.25. The second-order valence-corrected chi connectivity index (χ2v) is 5.02. The highest BCUT2D eigenvalue weighted by Crippen LogP contribution is 2.28. The highest BCUT2D eigenvalue weighted by atomic mass is 35.5. The van der Waals surface area contributed by atoms with Crippen LogP contribution in [0.15, 0.2) is 0 Å². The first-order valence-electron chi connectivity index (χ1n) is 6.37. The largest absolute Gasteiger partial charge is 0.379 e. The van der Waals surface area contributed by atoms with Gasteiger partial charge in [-0.15, -0.1) is 12.4 Å². The molecule has 0 bridgehead atoms. The lowest BCUT2D eigenvalue weighted by Gasteiger charge is -2.27. The number of amides is 1. The molecule has 2 fully saturated rings. The van der Waals surface area contributed by atoms with Crippen molar-refractivity contribution < 1.29 is 9.53 Å². The first-order chi connectivity index (χ1) is 7.79. The average Bonchev–Trinajstić information content (AvgIpc) is 2.82. The Bertz CT molecular complexity index is 237. The summed E-state index contributed by atoms with van der Waals surface area (Å²) in [5.41, 5.74) is 5.64. The van der Waals surface area contributed by atoms with Crippen LogP contribution < -0.4 is 11.1 Å². The van der Waals surface area contributed by atoms with Gasteiger partial charge in [-0.3, -0.25) is 4.79 Å². The third-order valence-electron chi connectivity index (χ3n) is 3.83. The van der Waals surface area contributed by atoms with Crippen LogP contribution in [-0.4, -0.2) is 31.7 Å². The van der Waals surface area contributed by atoms with Gasteiger partial charge in [0.25, 0.3) is 0 Å². The SMILES string of the molecule is Cl.NCC1CCC(C(=O)NC2CCOC2)CC1. The predicted octanol–water partition coefficient (Wildman–Crippen LogP) is 1.08. The van der Waals surface area contributed by atoms with Crippen LogP contribution in [-0.2, 0) is 9.53 Å². The van der Waals surface area contributed by atoms with Gasteiger partial charge in [0.05, 0.1) is 12.6 Å². The van der Waals surface area contributed by atoms with Gasteiger partial charge in [-0.25, -0.2) is 0 Å². The minimum absolute atomic E-state index is 0. The van der Waals surface area contributed by atoms with Crippen molar-refractivity contribution in [3.05, 3.63) is 0 Å². The van der Waals surface area contributed by atoms with E-state index in [1.807, 2.05) is 0 Å². The minimum Gasteiger partial charge on any atom is -0.379 e. The molecule has 3 N–H and O–H groups in total. The van der Waals surface area contributed by atoms with E-state index in [1.165, 1.54) is 0 Å². The van der Waals surface area contributed by atoms with Crippen LogP contribution >= 0.6 is 12.4 Å². The highest BCUT2D eigenvalue weighted by Gasteiger charge is 2.27. The first kappa shape index (κ1) is 14.7. The Labute approximate surface area is 109 Å². The molecule has 1 saturated heterocycles. The molecule has 0 aromatic rings. The van der Waals surface area contributed by atoms with Gasteiger partial charge in [0.15, 0.2) is 0 Å². The van der Waals surface area contributed by atoms with E-state index in [0.29, 0.717) is 12.5 Å². The minimum atomic E-state index is 0. The summed E-state index contributed by atoms with van der Waals surface area (Å²) in [6.45, 7) is 2.24. The fourth-order valence-corrected chi connectivity index (χ4v) is 2.63. The van der Waals surface area contributed by atoms with E-state index < -0.39 is 0 Å². The lowest BCUT2D eigenvalue weighted by Crippen LogP contribution is -2.40. The summed E-state index contributed by atoms with van der Waals surface area (Å²) in [4.78, 5) is 12.0. The summed E-state index contributed by atoms with van der Waals surface area (Å²) in [6.07, 6.45) is 5.18. The third-order valence-corrected chi connectivity index (χ3v) is 3.83. The molecular weight excluding hydrogens is 240 g/mol. The number of nitrogens with two attached hydrogens (primary N) is 1. The van der Waals surface area contributed by atoms with E-state index in [-0.39, 0.29) is 30.3 Å². The Kier molecular flexibility index (Phi) is 6.23. The van der Waals surface area contributed by atoms with Crippen molar-refractivity contribution in [2.45, 2.75) is 38.1 Å². The monoisotopic (exact) mass is 262 g/mol. The fourth-order valence-electron chi connectivity index (χ4n) is 2.63. The van der Waals surface area contributed by atoms with Crippen molar-refractivity contribution in [1.29, 1.82) is 0 Å². The maximum Gasteiger partial charge on any atom is 0.223 e. The van der Waals surface area contributed by atoms with Crippen LogP contribution in [0.5, 0.6) is 0 Å². The molecule has 1 heterocycles. The number of carbonyl (C=O) groups is 1. The molecule has 1 amide bonds. The molecule has 1 aliphatic heterocycles. The van der Waals surface area contributed by atoms with E-state index in [2.05, 4.69) is 5.32 Å². The van der Waals surface area contributed by atoms with Crippen molar-refractivity contribution >= 4 is 18.3 Å². The van der Waals surface area contributed by atoms with Crippen molar-refractivity contribution in [1.82, 2.24) is 5.32 Å². The van der Waals surface area contributed by atoms with Crippen LogP contribution in [0.3, 0.4) is 0 Å². The molecular formula is C12H23ClN2O2. The number of rotatable bonds is 3. The number of hydrogen-bond donors (Lipinski definition) is 2. The molecule has 5 heteroatoms. The second-order valence-electron chi connectivity index (χ2n) is 5.02. The zero-order chi connectivity index (χ0) is 11.4. The smallest absolute Gasteiger partial charge is 0.223 e. The lowest BCUT2D eigenvalue weighted by molar-refractivity contribution is -0.126. The normalized spacial score (nSPS) is 32.9. The Morgan fingerprint density at radius 3 is 2.47 bits per heavy atom. The van der Waals surface area contributed by atoms with Gasteiger partial charge in [-0.1, -0.05) is 0 Å². The summed E-state index contributed by atoms with van der Waals surface area (Å²) >= 11 is 0. The molecule has 1 saturated carbocycles. The van der Waals surface area contributed by atoms with E-state index in [0.717, 1.165) is 45.3 Å². The standard InChI is InChI=1S/C12H22N2O2.ClH/c13-7-9-1-3-10(4-2-9)12(15)14-11-5-6-16-8-11;/h9-11H,1-8,13H2,(H,14,15);1H. The Morgan fingerprint density at radius 2 is 1.94 bits per heavy atom. The van der Waals surface area contributed by atoms with Gasteiger partial charge in [0, 0.05) is 12.5 Å². The Morgan fingerprint density at radius 1 is 1.24 bits per heavy atom. The summed E-state index contributed by atoms with van der Waals surface area (Å²) in [7, 11) is 0. The molecule has 0 aromatic carbocycles. The lowest BCUT2D eigenvalue weighted by atomic mass is 9.81. The van der Waals surface area contributed by atoms with Crippen molar-refractivity contribution in [3.63, 3.8) is 0 Å². The number of hydrogen-bond acceptors (Lipinski definition) is 3. The van der Waals surface area contributed by atoms with Crippen molar-refractivity contribution in [3.8, 4) is 0 Å². The maximum absolute atomic E-state index is 12.0. The topological polar surface area (TPSA) is 64.4 Å².